The van der Waals surface area contributed by atoms with Crippen LogP contribution in [0.2, 0.25) is 0 Å². The molecule has 0 aliphatic heterocycles. The first-order valence-electron chi connectivity index (χ1n) is 8.26. The van der Waals surface area contributed by atoms with Crippen molar-refractivity contribution in [2.45, 2.75) is 12.3 Å². The molecular formula is C23H22O. The molecule has 0 radical (unpaired) electrons. The van der Waals surface area contributed by atoms with E-state index in [1.54, 1.807) is 7.11 Å². The number of rotatable bonds is 6. The number of hydrogen-bond acceptors (Lipinski definition) is 1. The van der Waals surface area contributed by atoms with Crippen LogP contribution < -0.4 is 4.74 Å². The van der Waals surface area contributed by atoms with Crippen LogP contribution in [0, 0.1) is 0 Å². The summed E-state index contributed by atoms with van der Waals surface area (Å²) in [5.41, 5.74) is 3.88. The van der Waals surface area contributed by atoms with Crippen molar-refractivity contribution in [1.82, 2.24) is 0 Å². The fourth-order valence-electron chi connectivity index (χ4n) is 2.81. The van der Waals surface area contributed by atoms with Gasteiger partial charge in [0.1, 0.15) is 5.75 Å². The summed E-state index contributed by atoms with van der Waals surface area (Å²) in [6.07, 6.45) is 5.49. The van der Waals surface area contributed by atoms with Crippen LogP contribution in [0.15, 0.2) is 91.0 Å². The Labute approximate surface area is 144 Å². The van der Waals surface area contributed by atoms with Gasteiger partial charge in [0.05, 0.1) is 7.11 Å². The summed E-state index contributed by atoms with van der Waals surface area (Å²) in [5, 5.41) is 0. The summed E-state index contributed by atoms with van der Waals surface area (Å²) in [5.74, 6) is 1.24. The third-order valence-corrected chi connectivity index (χ3v) is 4.16. The van der Waals surface area contributed by atoms with E-state index < -0.39 is 0 Å². The number of allylic oxidation sites excluding steroid dienone is 1. The van der Waals surface area contributed by atoms with Crippen LogP contribution in [0.4, 0.5) is 0 Å². The van der Waals surface area contributed by atoms with Crippen molar-refractivity contribution in [1.29, 1.82) is 0 Å². The lowest BCUT2D eigenvalue weighted by Crippen LogP contribution is -1.99. The second-order valence-electron chi connectivity index (χ2n) is 5.84. The summed E-state index contributed by atoms with van der Waals surface area (Å²) in [7, 11) is 1.69. The minimum atomic E-state index is 0.357. The van der Waals surface area contributed by atoms with Gasteiger partial charge in [-0.1, -0.05) is 84.9 Å². The quantitative estimate of drug-likeness (QED) is 0.564. The van der Waals surface area contributed by atoms with Gasteiger partial charge in [-0.25, -0.2) is 0 Å². The molecule has 1 nitrogen and oxygen atoms in total. The van der Waals surface area contributed by atoms with Gasteiger partial charge in [0.15, 0.2) is 0 Å². The molecule has 1 atom stereocenters. The van der Waals surface area contributed by atoms with Gasteiger partial charge < -0.3 is 4.74 Å². The van der Waals surface area contributed by atoms with Gasteiger partial charge in [-0.15, -0.1) is 0 Å². The molecule has 3 rings (SSSR count). The van der Waals surface area contributed by atoms with Gasteiger partial charge in [0, 0.05) is 5.92 Å². The number of ether oxygens (including phenoxy) is 1. The Hall–Kier alpha value is -2.80. The molecule has 0 bridgehead atoms. The first-order chi connectivity index (χ1) is 11.8. The highest BCUT2D eigenvalue weighted by Crippen LogP contribution is 2.24. The molecule has 0 unspecified atom stereocenters. The fraction of sp³-hybridized carbons (Fsp3) is 0.130. The van der Waals surface area contributed by atoms with Gasteiger partial charge in [0.25, 0.3) is 0 Å². The van der Waals surface area contributed by atoms with Crippen LogP contribution in [0.1, 0.15) is 22.6 Å². The van der Waals surface area contributed by atoms with Crippen molar-refractivity contribution in [3.8, 4) is 5.75 Å². The lowest BCUT2D eigenvalue weighted by molar-refractivity contribution is 0.415. The van der Waals surface area contributed by atoms with Gasteiger partial charge in [-0.2, -0.15) is 0 Å². The van der Waals surface area contributed by atoms with E-state index in [-0.39, 0.29) is 0 Å². The van der Waals surface area contributed by atoms with Crippen molar-refractivity contribution in [2.24, 2.45) is 0 Å². The van der Waals surface area contributed by atoms with E-state index in [1.165, 1.54) is 16.7 Å². The number of methoxy groups -OCH3 is 1. The first kappa shape index (κ1) is 16.1. The molecule has 3 aromatic rings. The Morgan fingerprint density at radius 3 is 2.04 bits per heavy atom. The Morgan fingerprint density at radius 1 is 0.792 bits per heavy atom. The Morgan fingerprint density at radius 2 is 1.42 bits per heavy atom. The van der Waals surface area contributed by atoms with E-state index in [0.29, 0.717) is 5.92 Å². The van der Waals surface area contributed by atoms with E-state index in [0.717, 1.165) is 12.2 Å². The topological polar surface area (TPSA) is 9.23 Å². The van der Waals surface area contributed by atoms with E-state index >= 15 is 0 Å². The van der Waals surface area contributed by atoms with Gasteiger partial charge in [-0.05, 0) is 35.2 Å². The van der Waals surface area contributed by atoms with Crippen molar-refractivity contribution >= 4 is 6.08 Å². The molecule has 24 heavy (non-hydrogen) atoms. The smallest absolute Gasteiger partial charge is 0.118 e. The van der Waals surface area contributed by atoms with Crippen LogP contribution >= 0.6 is 0 Å². The fourth-order valence-corrected chi connectivity index (χ4v) is 2.81. The first-order valence-corrected chi connectivity index (χ1v) is 8.26. The van der Waals surface area contributed by atoms with Crippen molar-refractivity contribution < 1.29 is 4.74 Å². The molecule has 0 saturated carbocycles. The predicted octanol–water partition coefficient (Wildman–Crippen LogP) is 5.73. The van der Waals surface area contributed by atoms with E-state index in [1.807, 2.05) is 12.1 Å². The average Bonchev–Trinajstić information content (AvgIpc) is 2.67. The highest BCUT2D eigenvalue weighted by atomic mass is 16.5. The van der Waals surface area contributed by atoms with E-state index in [4.69, 9.17) is 4.74 Å². The average molecular weight is 314 g/mol. The van der Waals surface area contributed by atoms with Crippen LogP contribution in [-0.2, 0) is 6.42 Å². The summed E-state index contributed by atoms with van der Waals surface area (Å²) < 4.78 is 5.22. The minimum Gasteiger partial charge on any atom is -0.497 e. The molecule has 0 amide bonds. The second kappa shape index (κ2) is 8.16. The molecule has 0 aliphatic rings. The molecule has 0 aliphatic carbocycles. The van der Waals surface area contributed by atoms with E-state index in [9.17, 15) is 0 Å². The third kappa shape index (κ3) is 4.36. The minimum absolute atomic E-state index is 0.357. The van der Waals surface area contributed by atoms with Crippen LogP contribution in [0.5, 0.6) is 5.75 Å². The van der Waals surface area contributed by atoms with Gasteiger partial charge >= 0.3 is 0 Å². The molecular weight excluding hydrogens is 292 g/mol. The lowest BCUT2D eigenvalue weighted by Gasteiger charge is -2.14. The molecule has 0 fully saturated rings. The molecule has 0 aromatic heterocycles. The predicted molar refractivity (Wildman–Crippen MR) is 101 cm³/mol. The Balaban J connectivity index is 1.82. The molecule has 1 heteroatoms. The Kier molecular flexibility index (Phi) is 5.47. The Bertz CT molecular complexity index is 758. The van der Waals surface area contributed by atoms with E-state index in [2.05, 4.69) is 84.9 Å². The summed E-state index contributed by atoms with van der Waals surface area (Å²) in [6, 6.07) is 29.5. The normalized spacial score (nSPS) is 12.2. The zero-order valence-corrected chi connectivity index (χ0v) is 13.9. The molecule has 3 aromatic carbocycles. The van der Waals surface area contributed by atoms with Crippen LogP contribution in [-0.4, -0.2) is 7.11 Å². The highest BCUT2D eigenvalue weighted by Gasteiger charge is 2.08. The maximum absolute atomic E-state index is 5.22. The van der Waals surface area contributed by atoms with Gasteiger partial charge in [-0.3, -0.25) is 0 Å². The summed E-state index contributed by atoms with van der Waals surface area (Å²) in [6.45, 7) is 0. The maximum Gasteiger partial charge on any atom is 0.118 e. The van der Waals surface area contributed by atoms with Crippen molar-refractivity contribution in [3.05, 3.63) is 108 Å². The number of hydrogen-bond donors (Lipinski definition) is 0. The monoisotopic (exact) mass is 314 g/mol. The zero-order chi connectivity index (χ0) is 16.6. The van der Waals surface area contributed by atoms with Crippen molar-refractivity contribution in [2.75, 3.05) is 7.11 Å². The second-order valence-corrected chi connectivity index (χ2v) is 5.84. The van der Waals surface area contributed by atoms with Crippen LogP contribution in [0.25, 0.3) is 6.08 Å². The molecule has 0 spiro atoms. The third-order valence-electron chi connectivity index (χ3n) is 4.16. The van der Waals surface area contributed by atoms with Crippen LogP contribution in [0.3, 0.4) is 0 Å². The lowest BCUT2D eigenvalue weighted by atomic mass is 9.91. The summed E-state index contributed by atoms with van der Waals surface area (Å²) >= 11 is 0. The largest absolute Gasteiger partial charge is 0.497 e. The number of benzene rings is 3. The molecule has 120 valence electrons. The van der Waals surface area contributed by atoms with Gasteiger partial charge in [0.2, 0.25) is 0 Å². The molecule has 0 heterocycles. The standard InChI is InChI=1S/C23H22O/c1-24-23-16-13-19(14-17-23)12-15-22(21-10-6-3-7-11-21)18-20-8-4-2-5-9-20/h2-17,22H,18H2,1H3/b15-12+/t22-/m0/s1. The molecule has 0 N–H and O–H groups in total. The molecule has 0 saturated heterocycles. The SMILES string of the molecule is COc1ccc(/C=C/[C@@H](Cc2ccccc2)c2ccccc2)cc1. The zero-order valence-electron chi connectivity index (χ0n) is 13.9. The highest BCUT2D eigenvalue weighted by molar-refractivity contribution is 5.52. The summed E-state index contributed by atoms with van der Waals surface area (Å²) in [4.78, 5) is 0. The maximum atomic E-state index is 5.22. The van der Waals surface area contributed by atoms with Crippen molar-refractivity contribution in [3.63, 3.8) is 0 Å².